The summed E-state index contributed by atoms with van der Waals surface area (Å²) in [6.07, 6.45) is 3.03. The normalized spacial score (nSPS) is 17.0. The number of carbonyl (C=O) groups is 1. The molecule has 0 bridgehead atoms. The number of hydrogen-bond acceptors (Lipinski definition) is 3. The van der Waals surface area contributed by atoms with E-state index >= 15 is 0 Å². The molecule has 0 aromatic heterocycles. The van der Waals surface area contributed by atoms with Crippen LogP contribution in [0.1, 0.15) is 36.8 Å². The van der Waals surface area contributed by atoms with Crippen molar-refractivity contribution in [2.24, 2.45) is 0 Å². The minimum absolute atomic E-state index is 0.424. The first-order chi connectivity index (χ1) is 9.47. The highest BCUT2D eigenvalue weighted by molar-refractivity contribution is 6.32. The van der Waals surface area contributed by atoms with Gasteiger partial charge in [-0.1, -0.05) is 24.4 Å². The molecule has 0 spiro atoms. The third kappa shape index (κ3) is 2.12. The molecule has 0 atom stereocenters. The Morgan fingerprint density at radius 2 is 1.80 bits per heavy atom. The zero-order chi connectivity index (χ0) is 14.9. The molecule has 1 aromatic rings. The summed E-state index contributed by atoms with van der Waals surface area (Å²) in [4.78, 5) is 11.8. The largest absolute Gasteiger partial charge is 0.496 e. The van der Waals surface area contributed by atoms with Crippen LogP contribution >= 0.6 is 11.6 Å². The number of hydrogen-bond donors (Lipinski definition) is 1. The lowest BCUT2D eigenvalue weighted by Crippen LogP contribution is -2.33. The van der Waals surface area contributed by atoms with Crippen LogP contribution in [-0.4, -0.2) is 25.3 Å². The van der Waals surface area contributed by atoms with Crippen LogP contribution in [-0.2, 0) is 10.2 Å². The number of carboxylic acid groups (broad SMARTS) is 1. The zero-order valence-corrected chi connectivity index (χ0v) is 12.7. The molecule has 0 amide bonds. The quantitative estimate of drug-likeness (QED) is 0.923. The van der Waals surface area contributed by atoms with Crippen molar-refractivity contribution in [2.75, 3.05) is 14.2 Å². The van der Waals surface area contributed by atoms with E-state index in [1.807, 2.05) is 6.92 Å². The number of rotatable bonds is 4. The molecule has 1 aliphatic carbocycles. The maximum atomic E-state index is 11.8. The molecule has 0 heterocycles. The lowest BCUT2D eigenvalue weighted by Gasteiger charge is -2.28. The fraction of sp³-hybridized carbons (Fsp3) is 0.533. The van der Waals surface area contributed by atoms with Gasteiger partial charge in [-0.25, -0.2) is 0 Å². The molecule has 20 heavy (non-hydrogen) atoms. The van der Waals surface area contributed by atoms with E-state index in [0.717, 1.165) is 18.4 Å². The van der Waals surface area contributed by atoms with Crippen molar-refractivity contribution in [3.63, 3.8) is 0 Å². The molecule has 1 fully saturated rings. The Labute approximate surface area is 123 Å². The fourth-order valence-corrected chi connectivity index (χ4v) is 3.52. The predicted octanol–water partition coefficient (Wildman–Crippen LogP) is 3.56. The van der Waals surface area contributed by atoms with Gasteiger partial charge in [-0.2, -0.15) is 0 Å². The molecule has 1 N–H and O–H groups in total. The lowest BCUT2D eigenvalue weighted by molar-refractivity contribution is -0.143. The van der Waals surface area contributed by atoms with E-state index in [-0.39, 0.29) is 0 Å². The van der Waals surface area contributed by atoms with E-state index in [0.29, 0.717) is 34.9 Å². The van der Waals surface area contributed by atoms with Crippen LogP contribution in [0.2, 0.25) is 5.02 Å². The minimum Gasteiger partial charge on any atom is -0.496 e. The van der Waals surface area contributed by atoms with Crippen molar-refractivity contribution in [2.45, 2.75) is 38.0 Å². The number of aliphatic carboxylic acids is 1. The van der Waals surface area contributed by atoms with Gasteiger partial charge in [0.2, 0.25) is 0 Å². The molecule has 1 saturated carbocycles. The number of benzene rings is 1. The summed E-state index contributed by atoms with van der Waals surface area (Å²) >= 11 is 6.24. The van der Waals surface area contributed by atoms with E-state index in [4.69, 9.17) is 21.1 Å². The Morgan fingerprint density at radius 1 is 1.25 bits per heavy atom. The monoisotopic (exact) mass is 298 g/mol. The highest BCUT2D eigenvalue weighted by Crippen LogP contribution is 2.49. The van der Waals surface area contributed by atoms with Crippen molar-refractivity contribution in [1.82, 2.24) is 0 Å². The summed E-state index contributed by atoms with van der Waals surface area (Å²) in [6.45, 7) is 1.83. The third-order valence-electron chi connectivity index (χ3n) is 4.20. The third-order valence-corrected chi connectivity index (χ3v) is 4.48. The Hall–Kier alpha value is -1.42. The van der Waals surface area contributed by atoms with Gasteiger partial charge in [-0.3, -0.25) is 4.79 Å². The van der Waals surface area contributed by atoms with Crippen molar-refractivity contribution in [3.05, 3.63) is 22.2 Å². The van der Waals surface area contributed by atoms with Gasteiger partial charge in [0.15, 0.2) is 0 Å². The zero-order valence-electron chi connectivity index (χ0n) is 12.0. The van der Waals surface area contributed by atoms with Crippen LogP contribution in [0.4, 0.5) is 0 Å². The Bertz CT molecular complexity index is 533. The van der Waals surface area contributed by atoms with Gasteiger partial charge < -0.3 is 14.6 Å². The number of halogens is 1. The summed E-state index contributed by atoms with van der Waals surface area (Å²) in [6, 6.07) is 1.69. The van der Waals surface area contributed by atoms with Crippen LogP contribution in [0.25, 0.3) is 0 Å². The van der Waals surface area contributed by atoms with Gasteiger partial charge in [-0.05, 0) is 25.8 Å². The molecule has 4 nitrogen and oxygen atoms in total. The molecule has 0 radical (unpaired) electrons. The van der Waals surface area contributed by atoms with Crippen LogP contribution in [0.5, 0.6) is 11.5 Å². The van der Waals surface area contributed by atoms with Crippen LogP contribution in [0.3, 0.4) is 0 Å². The minimum atomic E-state index is -0.897. The van der Waals surface area contributed by atoms with E-state index in [2.05, 4.69) is 0 Å². The molecule has 2 rings (SSSR count). The number of methoxy groups -OCH3 is 2. The standard InChI is InChI=1S/C15H19ClO4/c1-9-12(19-2)10(8-11(16)13(9)20-3)15(14(17)18)6-4-5-7-15/h8H,4-7H2,1-3H3,(H,17,18). The van der Waals surface area contributed by atoms with Gasteiger partial charge in [-0.15, -0.1) is 0 Å². The van der Waals surface area contributed by atoms with E-state index in [1.165, 1.54) is 7.11 Å². The van der Waals surface area contributed by atoms with E-state index in [9.17, 15) is 9.90 Å². The van der Waals surface area contributed by atoms with E-state index in [1.54, 1.807) is 13.2 Å². The van der Waals surface area contributed by atoms with Crippen molar-refractivity contribution >= 4 is 17.6 Å². The Balaban J connectivity index is 2.70. The molecule has 1 aliphatic rings. The average molecular weight is 299 g/mol. The number of ether oxygens (including phenoxy) is 2. The first-order valence-corrected chi connectivity index (χ1v) is 7.00. The summed E-state index contributed by atoms with van der Waals surface area (Å²) in [5.41, 5.74) is 0.504. The highest BCUT2D eigenvalue weighted by atomic mass is 35.5. The highest BCUT2D eigenvalue weighted by Gasteiger charge is 2.45. The second kappa shape index (κ2) is 5.52. The second-order valence-corrected chi connectivity index (χ2v) is 5.60. The molecule has 0 aliphatic heterocycles. The molecule has 1 aromatic carbocycles. The summed E-state index contributed by atoms with van der Waals surface area (Å²) in [5, 5.41) is 10.1. The summed E-state index contributed by atoms with van der Waals surface area (Å²) < 4.78 is 10.7. The Morgan fingerprint density at radius 3 is 2.25 bits per heavy atom. The van der Waals surface area contributed by atoms with Crippen LogP contribution < -0.4 is 9.47 Å². The second-order valence-electron chi connectivity index (χ2n) is 5.19. The predicted molar refractivity (Wildman–Crippen MR) is 77.1 cm³/mol. The van der Waals surface area contributed by atoms with Gasteiger partial charge in [0.25, 0.3) is 0 Å². The summed E-state index contributed by atoms with van der Waals surface area (Å²) in [7, 11) is 3.08. The smallest absolute Gasteiger partial charge is 0.314 e. The van der Waals surface area contributed by atoms with Crippen molar-refractivity contribution in [3.8, 4) is 11.5 Å². The summed E-state index contributed by atoms with van der Waals surface area (Å²) in [5.74, 6) is 0.287. The van der Waals surface area contributed by atoms with Gasteiger partial charge in [0.05, 0.1) is 24.7 Å². The number of carboxylic acids is 1. The van der Waals surface area contributed by atoms with Gasteiger partial charge >= 0.3 is 5.97 Å². The maximum Gasteiger partial charge on any atom is 0.314 e. The lowest BCUT2D eigenvalue weighted by atomic mass is 9.77. The van der Waals surface area contributed by atoms with Crippen molar-refractivity contribution in [1.29, 1.82) is 0 Å². The SMILES string of the molecule is COc1c(Cl)cc(C2(C(=O)O)CCCC2)c(OC)c1C. The molecule has 110 valence electrons. The maximum absolute atomic E-state index is 11.8. The molecular weight excluding hydrogens is 280 g/mol. The molecule has 5 heteroatoms. The molecule has 0 saturated heterocycles. The van der Waals surface area contributed by atoms with Crippen LogP contribution in [0.15, 0.2) is 6.07 Å². The van der Waals surface area contributed by atoms with Gasteiger partial charge in [0.1, 0.15) is 11.5 Å². The van der Waals surface area contributed by atoms with E-state index < -0.39 is 11.4 Å². The first kappa shape index (κ1) is 15.0. The molecule has 0 unspecified atom stereocenters. The van der Waals surface area contributed by atoms with Crippen molar-refractivity contribution < 1.29 is 19.4 Å². The van der Waals surface area contributed by atoms with Gasteiger partial charge in [0, 0.05) is 11.1 Å². The average Bonchev–Trinajstić information content (AvgIpc) is 2.89. The molecular formula is C15H19ClO4. The first-order valence-electron chi connectivity index (χ1n) is 6.63. The Kier molecular flexibility index (Phi) is 4.14. The van der Waals surface area contributed by atoms with Crippen LogP contribution in [0, 0.1) is 6.92 Å². The topological polar surface area (TPSA) is 55.8 Å². The fourth-order valence-electron chi connectivity index (χ4n) is 3.19.